The van der Waals surface area contributed by atoms with Crippen LogP contribution in [-0.4, -0.2) is 28.7 Å². The highest BCUT2D eigenvalue weighted by Gasteiger charge is 2.25. The average Bonchev–Trinajstić information content (AvgIpc) is 3.18. The Morgan fingerprint density at radius 2 is 1.70 bits per heavy atom. The molecule has 1 heterocycles. The molecule has 0 unspecified atom stereocenters. The molecule has 3 N–H and O–H groups in total. The van der Waals surface area contributed by atoms with E-state index in [0.29, 0.717) is 4.88 Å². The lowest BCUT2D eigenvalue weighted by atomic mass is 10.0. The zero-order chi connectivity index (χ0) is 20.0. The zero-order valence-electron chi connectivity index (χ0n) is 14.6. The van der Waals surface area contributed by atoms with E-state index in [1.807, 2.05) is 0 Å². The number of carbonyl (C=O) groups excluding carboxylic acids is 3. The number of nitro groups is 1. The topological polar surface area (TPSA) is 130 Å². The van der Waals surface area contributed by atoms with Gasteiger partial charge in [0.2, 0.25) is 0 Å². The molecule has 2 rings (SSSR count). The minimum atomic E-state index is -0.850. The second kappa shape index (κ2) is 8.90. The summed E-state index contributed by atoms with van der Waals surface area (Å²) in [5.41, 5.74) is 4.50. The van der Waals surface area contributed by atoms with Crippen LogP contribution in [0.5, 0.6) is 0 Å². The van der Waals surface area contributed by atoms with Crippen molar-refractivity contribution >= 4 is 34.7 Å². The van der Waals surface area contributed by atoms with Gasteiger partial charge in [-0.05, 0) is 29.5 Å². The lowest BCUT2D eigenvalue weighted by molar-refractivity contribution is -0.384. The van der Waals surface area contributed by atoms with Crippen LogP contribution in [-0.2, 0) is 4.79 Å². The van der Waals surface area contributed by atoms with Crippen molar-refractivity contribution in [3.63, 3.8) is 0 Å². The van der Waals surface area contributed by atoms with Crippen LogP contribution in [0.3, 0.4) is 0 Å². The predicted molar refractivity (Wildman–Crippen MR) is 99.1 cm³/mol. The first-order valence-electron chi connectivity index (χ1n) is 7.98. The van der Waals surface area contributed by atoms with Gasteiger partial charge in [0.1, 0.15) is 6.04 Å². The number of thiophene rings is 1. The van der Waals surface area contributed by atoms with Crippen LogP contribution in [0, 0.1) is 16.0 Å². The van der Waals surface area contributed by atoms with Gasteiger partial charge in [-0.2, -0.15) is 0 Å². The van der Waals surface area contributed by atoms with Crippen molar-refractivity contribution < 1.29 is 19.3 Å². The van der Waals surface area contributed by atoms with Gasteiger partial charge in [0.15, 0.2) is 0 Å². The fourth-order valence-electron chi connectivity index (χ4n) is 2.16. The number of non-ortho nitro benzene ring substituents is 1. The Hall–Kier alpha value is -3.27. The third-order valence-electron chi connectivity index (χ3n) is 3.62. The third-order valence-corrected chi connectivity index (χ3v) is 4.49. The minimum Gasteiger partial charge on any atom is -0.339 e. The Kier molecular flexibility index (Phi) is 6.61. The SMILES string of the molecule is CC(C)[C@H](NC(=O)c1cccs1)C(=O)NNC(=O)c1ccc([N+](=O)[O-])cc1. The van der Waals surface area contributed by atoms with E-state index in [1.165, 1.54) is 35.6 Å². The summed E-state index contributed by atoms with van der Waals surface area (Å²) in [6.07, 6.45) is 0. The Morgan fingerprint density at radius 3 is 2.22 bits per heavy atom. The summed E-state index contributed by atoms with van der Waals surface area (Å²) in [5, 5.41) is 15.0. The van der Waals surface area contributed by atoms with Gasteiger partial charge in [-0.1, -0.05) is 19.9 Å². The molecule has 142 valence electrons. The number of amides is 3. The van der Waals surface area contributed by atoms with Gasteiger partial charge in [-0.15, -0.1) is 11.3 Å². The van der Waals surface area contributed by atoms with E-state index in [9.17, 15) is 24.5 Å². The average molecular weight is 390 g/mol. The van der Waals surface area contributed by atoms with Crippen molar-refractivity contribution in [3.05, 3.63) is 62.3 Å². The molecule has 0 saturated heterocycles. The van der Waals surface area contributed by atoms with E-state index in [1.54, 1.807) is 31.4 Å². The summed E-state index contributed by atoms with van der Waals surface area (Å²) >= 11 is 1.25. The van der Waals surface area contributed by atoms with Crippen LogP contribution in [0.25, 0.3) is 0 Å². The molecule has 0 spiro atoms. The fourth-order valence-corrected chi connectivity index (χ4v) is 2.78. The Balaban J connectivity index is 1.95. The Labute approximate surface area is 158 Å². The van der Waals surface area contributed by atoms with Crippen molar-refractivity contribution in [2.24, 2.45) is 5.92 Å². The van der Waals surface area contributed by atoms with Gasteiger partial charge in [0.05, 0.1) is 9.80 Å². The quantitative estimate of drug-likeness (QED) is 0.512. The Morgan fingerprint density at radius 1 is 1.04 bits per heavy atom. The summed E-state index contributed by atoms with van der Waals surface area (Å²) in [6.45, 7) is 3.52. The number of hydrogen-bond donors (Lipinski definition) is 3. The number of carbonyl (C=O) groups is 3. The van der Waals surface area contributed by atoms with Crippen LogP contribution >= 0.6 is 11.3 Å². The van der Waals surface area contributed by atoms with Gasteiger partial charge >= 0.3 is 0 Å². The van der Waals surface area contributed by atoms with Gasteiger partial charge in [-0.3, -0.25) is 35.3 Å². The maximum atomic E-state index is 12.3. The maximum absolute atomic E-state index is 12.3. The number of nitrogens with one attached hydrogen (secondary N) is 3. The van der Waals surface area contributed by atoms with E-state index in [2.05, 4.69) is 16.2 Å². The van der Waals surface area contributed by atoms with E-state index in [4.69, 9.17) is 0 Å². The van der Waals surface area contributed by atoms with E-state index in [0.717, 1.165) is 0 Å². The normalized spacial score (nSPS) is 11.5. The van der Waals surface area contributed by atoms with Crippen molar-refractivity contribution in [3.8, 4) is 0 Å². The second-order valence-corrected chi connectivity index (χ2v) is 6.87. The first-order valence-corrected chi connectivity index (χ1v) is 8.86. The molecule has 0 aliphatic carbocycles. The molecule has 9 nitrogen and oxygen atoms in total. The molecule has 1 aromatic carbocycles. The molecule has 10 heteroatoms. The monoisotopic (exact) mass is 390 g/mol. The number of hydrogen-bond acceptors (Lipinski definition) is 6. The molecule has 2 aromatic rings. The van der Waals surface area contributed by atoms with Crippen molar-refractivity contribution in [2.75, 3.05) is 0 Å². The molecule has 0 radical (unpaired) electrons. The molecule has 0 bridgehead atoms. The summed E-state index contributed by atoms with van der Waals surface area (Å²) in [5.74, 6) is -1.80. The molecule has 1 aromatic heterocycles. The smallest absolute Gasteiger partial charge is 0.269 e. The minimum absolute atomic E-state index is 0.143. The highest BCUT2D eigenvalue weighted by atomic mass is 32.1. The summed E-state index contributed by atoms with van der Waals surface area (Å²) in [6, 6.07) is 7.46. The van der Waals surface area contributed by atoms with Crippen molar-refractivity contribution in [2.45, 2.75) is 19.9 Å². The van der Waals surface area contributed by atoms with Crippen LogP contribution in [0.1, 0.15) is 33.9 Å². The molecule has 0 fully saturated rings. The van der Waals surface area contributed by atoms with E-state index in [-0.39, 0.29) is 23.1 Å². The van der Waals surface area contributed by atoms with Gasteiger partial charge < -0.3 is 5.32 Å². The van der Waals surface area contributed by atoms with Gasteiger partial charge in [0, 0.05) is 17.7 Å². The van der Waals surface area contributed by atoms with Crippen LogP contribution in [0.4, 0.5) is 5.69 Å². The van der Waals surface area contributed by atoms with Crippen LogP contribution < -0.4 is 16.2 Å². The second-order valence-electron chi connectivity index (χ2n) is 5.92. The van der Waals surface area contributed by atoms with Crippen molar-refractivity contribution in [1.29, 1.82) is 0 Å². The van der Waals surface area contributed by atoms with E-state index < -0.39 is 22.8 Å². The predicted octanol–water partition coefficient (Wildman–Crippen LogP) is 1.87. The number of hydrazine groups is 1. The lowest BCUT2D eigenvalue weighted by Gasteiger charge is -2.21. The Bertz CT molecular complexity index is 834. The standard InChI is InChI=1S/C17H18N4O5S/c1-10(2)14(18-16(23)13-4-3-9-27-13)17(24)20-19-15(22)11-5-7-12(8-6-11)21(25)26/h3-10,14H,1-2H3,(H,18,23)(H,19,22)(H,20,24)/t14-/m0/s1. The zero-order valence-corrected chi connectivity index (χ0v) is 15.4. The summed E-state index contributed by atoms with van der Waals surface area (Å²) < 4.78 is 0. The van der Waals surface area contributed by atoms with E-state index >= 15 is 0 Å². The third kappa shape index (κ3) is 5.35. The molecular weight excluding hydrogens is 372 g/mol. The molecule has 3 amide bonds. The number of rotatable bonds is 6. The number of nitro benzene ring substituents is 1. The largest absolute Gasteiger partial charge is 0.339 e. The summed E-state index contributed by atoms with van der Waals surface area (Å²) in [7, 11) is 0. The lowest BCUT2D eigenvalue weighted by Crippen LogP contribution is -2.54. The van der Waals surface area contributed by atoms with Crippen LogP contribution in [0.2, 0.25) is 0 Å². The van der Waals surface area contributed by atoms with Crippen molar-refractivity contribution in [1.82, 2.24) is 16.2 Å². The number of nitrogens with zero attached hydrogens (tertiary/aromatic N) is 1. The molecular formula is C17H18N4O5S. The van der Waals surface area contributed by atoms with Gasteiger partial charge in [-0.25, -0.2) is 0 Å². The highest BCUT2D eigenvalue weighted by molar-refractivity contribution is 7.12. The maximum Gasteiger partial charge on any atom is 0.269 e. The fraction of sp³-hybridized carbons (Fsp3) is 0.235. The molecule has 0 aliphatic heterocycles. The highest BCUT2D eigenvalue weighted by Crippen LogP contribution is 2.12. The van der Waals surface area contributed by atoms with Crippen LogP contribution in [0.15, 0.2) is 41.8 Å². The summed E-state index contributed by atoms with van der Waals surface area (Å²) in [4.78, 5) is 47.1. The van der Waals surface area contributed by atoms with Gasteiger partial charge in [0.25, 0.3) is 23.4 Å². The molecule has 27 heavy (non-hydrogen) atoms. The molecule has 0 aliphatic rings. The molecule has 0 saturated carbocycles. The first-order chi connectivity index (χ1) is 12.8. The number of benzene rings is 1. The molecule has 1 atom stereocenters. The first kappa shape index (κ1) is 20.0.